The van der Waals surface area contributed by atoms with Crippen molar-refractivity contribution in [2.75, 3.05) is 0 Å². The molecule has 1 aromatic rings. The van der Waals surface area contributed by atoms with Crippen molar-refractivity contribution < 1.29 is 0 Å². The summed E-state index contributed by atoms with van der Waals surface area (Å²) in [5, 5.41) is 4.30. The summed E-state index contributed by atoms with van der Waals surface area (Å²) in [5.74, 6) is 0.736. The van der Waals surface area contributed by atoms with Crippen LogP contribution in [0.15, 0.2) is 18.7 Å². The molecule has 0 spiro atoms. The highest BCUT2D eigenvalue weighted by atomic mass is 15.3. The second kappa shape index (κ2) is 5.68. The lowest BCUT2D eigenvalue weighted by molar-refractivity contribution is 0.403. The molecular formula is C15H25N3. The Morgan fingerprint density at radius 2 is 2.00 bits per heavy atom. The molecule has 3 nitrogen and oxygen atoms in total. The van der Waals surface area contributed by atoms with Gasteiger partial charge in [-0.25, -0.2) is 9.67 Å². The summed E-state index contributed by atoms with van der Waals surface area (Å²) in [6.45, 7) is 6.83. The van der Waals surface area contributed by atoms with Gasteiger partial charge in [0.15, 0.2) is 0 Å². The van der Waals surface area contributed by atoms with Gasteiger partial charge in [-0.3, -0.25) is 0 Å². The van der Waals surface area contributed by atoms with Crippen molar-refractivity contribution in [2.24, 2.45) is 11.3 Å². The molecule has 3 heteroatoms. The van der Waals surface area contributed by atoms with Crippen molar-refractivity contribution in [1.82, 2.24) is 14.8 Å². The first kappa shape index (κ1) is 13.3. The van der Waals surface area contributed by atoms with Gasteiger partial charge in [0.1, 0.15) is 12.7 Å². The van der Waals surface area contributed by atoms with Gasteiger partial charge in [0.2, 0.25) is 0 Å². The van der Waals surface area contributed by atoms with Gasteiger partial charge in [-0.15, -0.1) is 0 Å². The summed E-state index contributed by atoms with van der Waals surface area (Å²) in [6.07, 6.45) is 13.8. The van der Waals surface area contributed by atoms with Gasteiger partial charge < -0.3 is 0 Å². The molecule has 0 saturated heterocycles. The topological polar surface area (TPSA) is 30.7 Å². The van der Waals surface area contributed by atoms with Crippen LogP contribution in [0.2, 0.25) is 0 Å². The van der Waals surface area contributed by atoms with Crippen LogP contribution in [0, 0.1) is 11.3 Å². The number of hydrogen-bond acceptors (Lipinski definition) is 2. The van der Waals surface area contributed by atoms with E-state index in [0.717, 1.165) is 12.3 Å². The van der Waals surface area contributed by atoms with E-state index < -0.39 is 0 Å². The van der Waals surface area contributed by atoms with Crippen molar-refractivity contribution in [3.8, 4) is 0 Å². The van der Waals surface area contributed by atoms with Crippen LogP contribution in [0.5, 0.6) is 0 Å². The summed E-state index contributed by atoms with van der Waals surface area (Å²) in [5.41, 5.74) is 1.60. The average molecular weight is 247 g/mol. The van der Waals surface area contributed by atoms with Crippen LogP contribution in [-0.4, -0.2) is 14.8 Å². The van der Waals surface area contributed by atoms with Crippen LogP contribution in [-0.2, 0) is 0 Å². The largest absolute Gasteiger partial charge is 0.225 e. The normalized spacial score (nSPS) is 19.2. The third kappa shape index (κ3) is 3.97. The van der Waals surface area contributed by atoms with E-state index in [1.54, 1.807) is 6.33 Å². The van der Waals surface area contributed by atoms with Crippen LogP contribution in [0.1, 0.15) is 59.3 Å². The number of hydrogen-bond donors (Lipinski definition) is 0. The first-order valence-corrected chi connectivity index (χ1v) is 7.10. The number of allylic oxidation sites excluding steroid dienone is 2. The van der Waals surface area contributed by atoms with Crippen molar-refractivity contribution in [3.05, 3.63) is 18.7 Å². The Bertz CT molecular complexity index is 378. The molecule has 1 fully saturated rings. The maximum absolute atomic E-state index is 4.30. The summed E-state index contributed by atoms with van der Waals surface area (Å²) in [7, 11) is 0. The molecular weight excluding hydrogens is 222 g/mol. The summed E-state index contributed by atoms with van der Waals surface area (Å²) in [6, 6.07) is 0. The lowest BCUT2D eigenvalue weighted by Gasteiger charge is -2.24. The molecule has 18 heavy (non-hydrogen) atoms. The molecule has 0 bridgehead atoms. The minimum absolute atomic E-state index is 0.284. The first-order valence-electron chi connectivity index (χ1n) is 7.10. The Kier molecular flexibility index (Phi) is 4.20. The van der Waals surface area contributed by atoms with E-state index in [9.17, 15) is 0 Å². The Morgan fingerprint density at radius 3 is 2.56 bits per heavy atom. The van der Waals surface area contributed by atoms with Crippen LogP contribution in [0.3, 0.4) is 0 Å². The van der Waals surface area contributed by atoms with E-state index in [1.807, 2.05) is 11.0 Å². The van der Waals surface area contributed by atoms with Crippen LogP contribution in [0.4, 0.5) is 0 Å². The molecule has 1 saturated carbocycles. The third-order valence-corrected chi connectivity index (χ3v) is 3.50. The Labute approximate surface area is 110 Å². The SMILES string of the molecule is CC(C)(C)C/C(=C\C1CCCCC1)n1cncn1. The number of aromatic nitrogens is 3. The summed E-state index contributed by atoms with van der Waals surface area (Å²) >= 11 is 0. The zero-order chi connectivity index (χ0) is 13.0. The van der Waals surface area contributed by atoms with E-state index in [2.05, 4.69) is 36.9 Å². The van der Waals surface area contributed by atoms with Gasteiger partial charge in [-0.2, -0.15) is 5.10 Å². The molecule has 0 unspecified atom stereocenters. The number of nitrogens with zero attached hydrogens (tertiary/aromatic N) is 3. The molecule has 2 rings (SSSR count). The molecule has 0 radical (unpaired) electrons. The van der Waals surface area contributed by atoms with Gasteiger partial charge >= 0.3 is 0 Å². The van der Waals surface area contributed by atoms with E-state index in [1.165, 1.54) is 37.8 Å². The molecule has 1 aliphatic carbocycles. The fraction of sp³-hybridized carbons (Fsp3) is 0.733. The van der Waals surface area contributed by atoms with E-state index >= 15 is 0 Å². The lowest BCUT2D eigenvalue weighted by atomic mass is 9.85. The second-order valence-corrected chi connectivity index (χ2v) is 6.63. The monoisotopic (exact) mass is 247 g/mol. The van der Waals surface area contributed by atoms with Crippen LogP contribution >= 0.6 is 0 Å². The molecule has 1 aliphatic rings. The van der Waals surface area contributed by atoms with Gasteiger partial charge in [0.25, 0.3) is 0 Å². The lowest BCUT2D eigenvalue weighted by Crippen LogP contribution is -2.12. The second-order valence-electron chi connectivity index (χ2n) is 6.63. The van der Waals surface area contributed by atoms with Crippen LogP contribution in [0.25, 0.3) is 5.70 Å². The minimum atomic E-state index is 0.284. The molecule has 0 aromatic carbocycles. The molecule has 0 amide bonds. The van der Waals surface area contributed by atoms with Crippen molar-refractivity contribution in [2.45, 2.75) is 59.3 Å². The molecule has 100 valence electrons. The Morgan fingerprint density at radius 1 is 1.28 bits per heavy atom. The van der Waals surface area contributed by atoms with Gasteiger partial charge in [-0.05, 0) is 30.6 Å². The van der Waals surface area contributed by atoms with Gasteiger partial charge in [0, 0.05) is 5.70 Å². The highest BCUT2D eigenvalue weighted by molar-refractivity contribution is 5.44. The fourth-order valence-corrected chi connectivity index (χ4v) is 2.69. The predicted octanol–water partition coefficient (Wildman–Crippen LogP) is 4.14. The Balaban J connectivity index is 2.15. The van der Waals surface area contributed by atoms with Crippen molar-refractivity contribution in [1.29, 1.82) is 0 Å². The minimum Gasteiger partial charge on any atom is -0.225 e. The molecule has 0 aliphatic heterocycles. The van der Waals surface area contributed by atoms with Crippen molar-refractivity contribution in [3.63, 3.8) is 0 Å². The first-order chi connectivity index (χ1) is 8.54. The highest BCUT2D eigenvalue weighted by Gasteiger charge is 2.18. The predicted molar refractivity (Wildman–Crippen MR) is 74.9 cm³/mol. The van der Waals surface area contributed by atoms with Gasteiger partial charge in [-0.1, -0.05) is 46.1 Å². The summed E-state index contributed by atoms with van der Waals surface area (Å²) < 4.78 is 1.94. The van der Waals surface area contributed by atoms with E-state index in [-0.39, 0.29) is 5.41 Å². The maximum Gasteiger partial charge on any atom is 0.138 e. The smallest absolute Gasteiger partial charge is 0.138 e. The maximum atomic E-state index is 4.30. The third-order valence-electron chi connectivity index (χ3n) is 3.50. The quantitative estimate of drug-likeness (QED) is 0.804. The average Bonchev–Trinajstić information content (AvgIpc) is 2.81. The van der Waals surface area contributed by atoms with E-state index in [0.29, 0.717) is 0 Å². The van der Waals surface area contributed by atoms with Crippen molar-refractivity contribution >= 4 is 5.70 Å². The zero-order valence-electron chi connectivity index (χ0n) is 11.9. The molecule has 1 heterocycles. The molecule has 0 atom stereocenters. The van der Waals surface area contributed by atoms with Crippen LogP contribution < -0.4 is 0 Å². The highest BCUT2D eigenvalue weighted by Crippen LogP contribution is 2.31. The Hall–Kier alpha value is -1.12. The zero-order valence-corrected chi connectivity index (χ0v) is 11.9. The van der Waals surface area contributed by atoms with Gasteiger partial charge in [0.05, 0.1) is 0 Å². The molecule has 0 N–H and O–H groups in total. The van der Waals surface area contributed by atoms with E-state index in [4.69, 9.17) is 0 Å². The number of rotatable bonds is 3. The fourth-order valence-electron chi connectivity index (χ4n) is 2.69. The summed E-state index contributed by atoms with van der Waals surface area (Å²) in [4.78, 5) is 4.08. The molecule has 1 aromatic heterocycles. The standard InChI is InChI=1S/C15H25N3/c1-15(2,3)10-14(18-12-16-11-17-18)9-13-7-5-4-6-8-13/h9,11-13H,4-8,10H2,1-3H3/b14-9+.